The normalized spacial score (nSPS) is 11.2. The summed E-state index contributed by atoms with van der Waals surface area (Å²) in [4.78, 5) is 4.05. The third kappa shape index (κ3) is 3.78. The lowest BCUT2D eigenvalue weighted by molar-refractivity contribution is 0.601. The molecule has 1 aromatic carbocycles. The lowest BCUT2D eigenvalue weighted by Gasteiger charge is -2.11. The van der Waals surface area contributed by atoms with Crippen molar-refractivity contribution < 1.29 is 8.42 Å². The summed E-state index contributed by atoms with van der Waals surface area (Å²) in [5.74, 6) is 0.604. The molecule has 0 amide bonds. The Kier molecular flexibility index (Phi) is 4.92. The number of nitrogens with one attached hydrogen (secondary N) is 2. The van der Waals surface area contributed by atoms with Crippen LogP contribution in [-0.4, -0.2) is 19.9 Å². The number of pyridine rings is 1. The van der Waals surface area contributed by atoms with Gasteiger partial charge >= 0.3 is 0 Å². The number of sulfonamides is 1. The average Bonchev–Trinajstić information content (AvgIpc) is 2.44. The zero-order valence-corrected chi connectivity index (χ0v) is 13.4. The lowest BCUT2D eigenvalue weighted by Crippen LogP contribution is -2.14. The van der Waals surface area contributed by atoms with Crippen LogP contribution in [0.1, 0.15) is 6.92 Å². The molecule has 0 spiro atoms. The van der Waals surface area contributed by atoms with Gasteiger partial charge in [0.2, 0.25) is 0 Å². The Morgan fingerprint density at radius 2 is 1.81 bits per heavy atom. The van der Waals surface area contributed by atoms with Gasteiger partial charge in [-0.05, 0) is 31.2 Å². The number of rotatable bonds is 5. The number of anilines is 2. The summed E-state index contributed by atoms with van der Waals surface area (Å²) in [5, 5.41) is 3.44. The minimum absolute atomic E-state index is 0.0279. The number of hydrogen-bond acceptors (Lipinski definition) is 4. The van der Waals surface area contributed by atoms with Crippen LogP contribution >= 0.6 is 23.2 Å². The maximum atomic E-state index is 12.3. The molecule has 112 valence electrons. The molecule has 1 heterocycles. The Bertz CT molecular complexity index is 713. The molecule has 1 aromatic heterocycles. The first-order valence-corrected chi connectivity index (χ1v) is 8.34. The summed E-state index contributed by atoms with van der Waals surface area (Å²) >= 11 is 11.9. The second kappa shape index (κ2) is 6.51. The molecule has 2 rings (SSSR count). The van der Waals surface area contributed by atoms with Crippen LogP contribution in [0, 0.1) is 0 Å². The van der Waals surface area contributed by atoms with E-state index in [1.54, 1.807) is 24.3 Å². The molecule has 0 bridgehead atoms. The predicted molar refractivity (Wildman–Crippen MR) is 85.7 cm³/mol. The summed E-state index contributed by atoms with van der Waals surface area (Å²) in [6.45, 7) is 2.62. The first-order chi connectivity index (χ1) is 9.94. The number of para-hydroxylation sites is 1. The van der Waals surface area contributed by atoms with Crippen molar-refractivity contribution in [3.63, 3.8) is 0 Å². The minimum atomic E-state index is -3.80. The number of aromatic nitrogens is 1. The van der Waals surface area contributed by atoms with Crippen molar-refractivity contribution in [2.45, 2.75) is 11.8 Å². The van der Waals surface area contributed by atoms with Crippen LogP contribution < -0.4 is 10.0 Å². The van der Waals surface area contributed by atoms with Crippen molar-refractivity contribution in [3.8, 4) is 0 Å². The van der Waals surface area contributed by atoms with Crippen LogP contribution in [-0.2, 0) is 10.0 Å². The van der Waals surface area contributed by atoms with Gasteiger partial charge in [0.05, 0.1) is 15.7 Å². The first-order valence-electron chi connectivity index (χ1n) is 6.11. The summed E-state index contributed by atoms with van der Waals surface area (Å²) < 4.78 is 26.9. The van der Waals surface area contributed by atoms with Gasteiger partial charge in [0.25, 0.3) is 10.0 Å². The summed E-state index contributed by atoms with van der Waals surface area (Å²) in [7, 11) is -3.80. The van der Waals surface area contributed by atoms with E-state index < -0.39 is 10.0 Å². The number of hydrogen-bond donors (Lipinski definition) is 2. The molecule has 0 aliphatic rings. The van der Waals surface area contributed by atoms with Crippen molar-refractivity contribution in [2.24, 2.45) is 0 Å². The molecule has 0 saturated carbocycles. The van der Waals surface area contributed by atoms with Crippen LogP contribution in [0.2, 0.25) is 10.0 Å². The molecule has 0 saturated heterocycles. The zero-order valence-electron chi connectivity index (χ0n) is 11.1. The van der Waals surface area contributed by atoms with Crippen molar-refractivity contribution in [2.75, 3.05) is 16.6 Å². The van der Waals surface area contributed by atoms with Gasteiger partial charge in [-0.25, -0.2) is 13.4 Å². The van der Waals surface area contributed by atoms with E-state index in [4.69, 9.17) is 23.2 Å². The first kappa shape index (κ1) is 15.9. The van der Waals surface area contributed by atoms with E-state index in [1.807, 2.05) is 6.92 Å². The number of nitrogens with zero attached hydrogens (tertiary/aromatic N) is 1. The van der Waals surface area contributed by atoms with Crippen LogP contribution in [0.4, 0.5) is 11.5 Å². The fraction of sp³-hybridized carbons (Fsp3) is 0.154. The van der Waals surface area contributed by atoms with Crippen molar-refractivity contribution in [3.05, 3.63) is 46.6 Å². The molecule has 0 aliphatic carbocycles. The van der Waals surface area contributed by atoms with Gasteiger partial charge in [-0.3, -0.25) is 4.72 Å². The van der Waals surface area contributed by atoms with Crippen molar-refractivity contribution in [1.29, 1.82) is 0 Å². The smallest absolute Gasteiger partial charge is 0.263 e. The van der Waals surface area contributed by atoms with Gasteiger partial charge in [-0.2, -0.15) is 0 Å². The molecular formula is C13H13Cl2N3O2S. The molecule has 0 aliphatic heterocycles. The van der Waals surface area contributed by atoms with Gasteiger partial charge in [-0.15, -0.1) is 0 Å². The van der Waals surface area contributed by atoms with Gasteiger partial charge in [-0.1, -0.05) is 29.3 Å². The van der Waals surface area contributed by atoms with Crippen LogP contribution in [0.3, 0.4) is 0 Å². The Hall–Kier alpha value is -1.50. The summed E-state index contributed by atoms with van der Waals surface area (Å²) in [5.41, 5.74) is 0.150. The number of benzene rings is 1. The third-order valence-electron chi connectivity index (χ3n) is 2.60. The molecule has 5 nitrogen and oxygen atoms in total. The van der Waals surface area contributed by atoms with Crippen LogP contribution in [0.15, 0.2) is 41.4 Å². The lowest BCUT2D eigenvalue weighted by atomic mass is 10.3. The Labute approximate surface area is 133 Å². The number of halogens is 2. The highest BCUT2D eigenvalue weighted by molar-refractivity contribution is 7.92. The van der Waals surface area contributed by atoms with E-state index in [0.29, 0.717) is 12.4 Å². The molecule has 2 N–H and O–H groups in total. The second-order valence-corrected chi connectivity index (χ2v) is 6.61. The van der Waals surface area contributed by atoms with E-state index in [0.717, 1.165) is 0 Å². The van der Waals surface area contributed by atoms with Gasteiger partial charge in [0, 0.05) is 12.7 Å². The molecule has 8 heteroatoms. The third-order valence-corrected chi connectivity index (χ3v) is 4.57. The SMILES string of the molecule is CCNc1ccc(S(=O)(=O)Nc2c(Cl)cccc2Cl)cn1. The zero-order chi connectivity index (χ0) is 15.5. The molecule has 0 unspecified atom stereocenters. The average molecular weight is 346 g/mol. The quantitative estimate of drug-likeness (QED) is 0.867. The fourth-order valence-electron chi connectivity index (χ4n) is 1.61. The van der Waals surface area contributed by atoms with E-state index in [1.165, 1.54) is 12.3 Å². The topological polar surface area (TPSA) is 71.1 Å². The second-order valence-electron chi connectivity index (χ2n) is 4.11. The highest BCUT2D eigenvalue weighted by Crippen LogP contribution is 2.31. The van der Waals surface area contributed by atoms with Gasteiger partial charge < -0.3 is 5.32 Å². The Morgan fingerprint density at radius 3 is 2.33 bits per heavy atom. The highest BCUT2D eigenvalue weighted by Gasteiger charge is 2.18. The molecular weight excluding hydrogens is 333 g/mol. The minimum Gasteiger partial charge on any atom is -0.370 e. The molecule has 0 fully saturated rings. The molecule has 0 atom stereocenters. The Balaban J connectivity index is 2.30. The maximum absolute atomic E-state index is 12.3. The maximum Gasteiger partial charge on any atom is 0.263 e. The van der Waals surface area contributed by atoms with Crippen LogP contribution in [0.25, 0.3) is 0 Å². The van der Waals surface area contributed by atoms with Crippen molar-refractivity contribution >= 4 is 44.7 Å². The standard InChI is InChI=1S/C13H13Cl2N3O2S/c1-2-16-12-7-6-9(8-17-12)21(19,20)18-13-10(14)4-3-5-11(13)15/h3-8,18H,2H2,1H3,(H,16,17). The van der Waals surface area contributed by atoms with E-state index >= 15 is 0 Å². The summed E-state index contributed by atoms with van der Waals surface area (Å²) in [6, 6.07) is 7.79. The highest BCUT2D eigenvalue weighted by atomic mass is 35.5. The molecule has 21 heavy (non-hydrogen) atoms. The van der Waals surface area contributed by atoms with Crippen molar-refractivity contribution in [1.82, 2.24) is 4.98 Å². The molecule has 2 aromatic rings. The Morgan fingerprint density at radius 1 is 1.14 bits per heavy atom. The fourth-order valence-corrected chi connectivity index (χ4v) is 3.26. The van der Waals surface area contributed by atoms with E-state index in [9.17, 15) is 8.42 Å². The van der Waals surface area contributed by atoms with Gasteiger partial charge in [0.1, 0.15) is 10.7 Å². The van der Waals surface area contributed by atoms with E-state index in [2.05, 4.69) is 15.0 Å². The predicted octanol–water partition coefficient (Wildman–Crippen LogP) is 3.62. The largest absolute Gasteiger partial charge is 0.370 e. The monoisotopic (exact) mass is 345 g/mol. The molecule has 0 radical (unpaired) electrons. The van der Waals surface area contributed by atoms with Crippen LogP contribution in [0.5, 0.6) is 0 Å². The van der Waals surface area contributed by atoms with Gasteiger partial charge in [0.15, 0.2) is 0 Å². The van der Waals surface area contributed by atoms with E-state index in [-0.39, 0.29) is 20.6 Å². The summed E-state index contributed by atoms with van der Waals surface area (Å²) in [6.07, 6.45) is 1.27.